The Kier molecular flexibility index (Phi) is 6.40. The summed E-state index contributed by atoms with van der Waals surface area (Å²) >= 11 is 0. The van der Waals surface area contributed by atoms with Crippen LogP contribution in [0.15, 0.2) is 41.1 Å². The quantitative estimate of drug-likeness (QED) is 0.514. The zero-order chi connectivity index (χ0) is 24.5. The van der Waals surface area contributed by atoms with Crippen LogP contribution < -0.4 is 0 Å². The molecule has 3 aromatic rings. The van der Waals surface area contributed by atoms with E-state index in [1.807, 2.05) is 6.92 Å². The Morgan fingerprint density at radius 3 is 2.56 bits per heavy atom. The number of amides is 1. The van der Waals surface area contributed by atoms with E-state index in [1.165, 1.54) is 24.1 Å². The van der Waals surface area contributed by atoms with Gasteiger partial charge in [-0.25, -0.2) is 9.78 Å². The van der Waals surface area contributed by atoms with Crippen molar-refractivity contribution < 1.29 is 31.9 Å². The van der Waals surface area contributed by atoms with Gasteiger partial charge in [0.25, 0.3) is 5.91 Å². The lowest BCUT2D eigenvalue weighted by Gasteiger charge is -2.37. The van der Waals surface area contributed by atoms with Crippen molar-refractivity contribution in [3.05, 3.63) is 59.6 Å². The number of carbonyl (C=O) groups excluding carboxylic acids is 2. The van der Waals surface area contributed by atoms with Gasteiger partial charge in [-0.05, 0) is 38.8 Å². The largest absolute Gasteiger partial charge is 0.461 e. The smallest absolute Gasteiger partial charge is 0.452 e. The van der Waals surface area contributed by atoms with E-state index in [1.54, 1.807) is 29.2 Å². The molecule has 1 aromatic carbocycles. The summed E-state index contributed by atoms with van der Waals surface area (Å²) in [6.07, 6.45) is -0.990. The van der Waals surface area contributed by atoms with Gasteiger partial charge in [0, 0.05) is 12.6 Å². The lowest BCUT2D eigenvalue weighted by Crippen LogP contribution is -2.45. The first-order valence-electron chi connectivity index (χ1n) is 10.7. The summed E-state index contributed by atoms with van der Waals surface area (Å²) in [4.78, 5) is 32.3. The first-order chi connectivity index (χ1) is 16.2. The fraction of sp³-hybridized carbons (Fsp3) is 0.409. The van der Waals surface area contributed by atoms with Crippen molar-refractivity contribution in [2.24, 2.45) is 0 Å². The molecule has 1 aliphatic rings. The summed E-state index contributed by atoms with van der Waals surface area (Å²) in [5.41, 5.74) is -0.0790. The van der Waals surface area contributed by atoms with Crippen molar-refractivity contribution in [1.82, 2.24) is 24.9 Å². The lowest BCUT2D eigenvalue weighted by atomic mass is 9.92. The average molecular weight is 477 g/mol. The topological polar surface area (TPSA) is 103 Å². The highest BCUT2D eigenvalue weighted by atomic mass is 19.4. The second-order valence-corrected chi connectivity index (χ2v) is 7.86. The number of benzene rings is 1. The third-order valence-corrected chi connectivity index (χ3v) is 5.63. The van der Waals surface area contributed by atoms with Crippen LogP contribution in [0.3, 0.4) is 0 Å². The molecule has 0 saturated carbocycles. The van der Waals surface area contributed by atoms with E-state index in [2.05, 4.69) is 15.2 Å². The van der Waals surface area contributed by atoms with Crippen LogP contribution in [-0.4, -0.2) is 55.9 Å². The molecule has 0 bridgehead atoms. The molecule has 4 rings (SSSR count). The number of hydrogen-bond donors (Lipinski definition) is 0. The van der Waals surface area contributed by atoms with Crippen LogP contribution >= 0.6 is 0 Å². The second-order valence-electron chi connectivity index (χ2n) is 7.86. The van der Waals surface area contributed by atoms with Crippen LogP contribution in [0.5, 0.6) is 0 Å². The standard InChI is InChI=1S/C22H22F3N5O4/c1-3-33-21(32)17-18(22(23,24)25)34-19(28-17)14-9-8-13(2)29(12-14)20(31)15-6-4-5-7-16(15)30-26-10-11-27-30/h4-7,10-11,13-14H,3,8-9,12H2,1-2H3. The molecule has 3 heterocycles. The van der Waals surface area contributed by atoms with Gasteiger partial charge in [-0.2, -0.15) is 28.2 Å². The Labute approximate surface area is 192 Å². The number of ether oxygens (including phenoxy) is 1. The van der Waals surface area contributed by atoms with Gasteiger partial charge < -0.3 is 14.1 Å². The highest BCUT2D eigenvalue weighted by Crippen LogP contribution is 2.37. The predicted octanol–water partition coefficient (Wildman–Crippen LogP) is 3.86. The minimum Gasteiger partial charge on any atom is -0.461 e. The Bertz CT molecular complexity index is 1180. The molecule has 34 heavy (non-hydrogen) atoms. The molecule has 1 saturated heterocycles. The van der Waals surface area contributed by atoms with E-state index in [0.717, 1.165) is 0 Å². The number of likely N-dealkylation sites (tertiary alicyclic amines) is 1. The molecule has 2 atom stereocenters. The zero-order valence-electron chi connectivity index (χ0n) is 18.5. The minimum atomic E-state index is -4.92. The molecule has 0 aliphatic carbocycles. The lowest BCUT2D eigenvalue weighted by molar-refractivity contribution is -0.154. The molecule has 0 N–H and O–H groups in total. The molecule has 2 aromatic heterocycles. The van der Waals surface area contributed by atoms with Gasteiger partial charge in [-0.15, -0.1) is 0 Å². The number of carbonyl (C=O) groups is 2. The Morgan fingerprint density at radius 2 is 1.88 bits per heavy atom. The Hall–Kier alpha value is -3.70. The second kappa shape index (κ2) is 9.27. The summed E-state index contributed by atoms with van der Waals surface area (Å²) in [6, 6.07) is 6.63. The molecule has 9 nitrogen and oxygen atoms in total. The highest BCUT2D eigenvalue weighted by molar-refractivity contribution is 5.98. The van der Waals surface area contributed by atoms with Crippen molar-refractivity contribution in [3.8, 4) is 5.69 Å². The summed E-state index contributed by atoms with van der Waals surface area (Å²) in [5.74, 6) is -3.89. The first-order valence-corrected chi connectivity index (χ1v) is 10.7. The molecular formula is C22H22F3N5O4. The van der Waals surface area contributed by atoms with Crippen LogP contribution in [0.25, 0.3) is 5.69 Å². The summed E-state index contributed by atoms with van der Waals surface area (Å²) < 4.78 is 50.2. The van der Waals surface area contributed by atoms with E-state index < -0.39 is 29.5 Å². The Balaban J connectivity index is 1.64. The van der Waals surface area contributed by atoms with Crippen molar-refractivity contribution in [2.45, 2.75) is 44.8 Å². The van der Waals surface area contributed by atoms with Gasteiger partial charge in [0.1, 0.15) is 0 Å². The molecule has 1 fully saturated rings. The summed E-state index contributed by atoms with van der Waals surface area (Å²) in [7, 11) is 0. The van der Waals surface area contributed by atoms with Crippen molar-refractivity contribution in [2.75, 3.05) is 13.2 Å². The number of halogens is 3. The molecule has 180 valence electrons. The average Bonchev–Trinajstić information content (AvgIpc) is 3.49. The molecule has 12 heteroatoms. The molecular weight excluding hydrogens is 455 g/mol. The van der Waals surface area contributed by atoms with E-state index in [4.69, 9.17) is 9.15 Å². The monoisotopic (exact) mass is 477 g/mol. The van der Waals surface area contributed by atoms with Crippen molar-refractivity contribution in [3.63, 3.8) is 0 Å². The van der Waals surface area contributed by atoms with E-state index in [9.17, 15) is 22.8 Å². The SMILES string of the molecule is CCOC(=O)c1nc(C2CCC(C)N(C(=O)c3ccccc3-n3nccn3)C2)oc1C(F)(F)F. The molecule has 0 spiro atoms. The van der Waals surface area contributed by atoms with Crippen LogP contribution in [0, 0.1) is 0 Å². The predicted molar refractivity (Wildman–Crippen MR) is 111 cm³/mol. The zero-order valence-corrected chi connectivity index (χ0v) is 18.5. The summed E-state index contributed by atoms with van der Waals surface area (Å²) in [6.45, 7) is 3.31. The van der Waals surface area contributed by atoms with Gasteiger partial charge >= 0.3 is 12.1 Å². The number of para-hydroxylation sites is 1. The summed E-state index contributed by atoms with van der Waals surface area (Å²) in [5, 5.41) is 8.17. The first kappa shape index (κ1) is 23.5. The number of esters is 1. The van der Waals surface area contributed by atoms with E-state index >= 15 is 0 Å². The van der Waals surface area contributed by atoms with Gasteiger partial charge in [0.15, 0.2) is 5.69 Å². The number of oxazole rings is 1. The number of alkyl halides is 3. The maximum Gasteiger partial charge on any atom is 0.452 e. The van der Waals surface area contributed by atoms with Crippen LogP contribution in [-0.2, 0) is 10.9 Å². The number of rotatable bonds is 5. The highest BCUT2D eigenvalue weighted by Gasteiger charge is 2.44. The third-order valence-electron chi connectivity index (χ3n) is 5.63. The minimum absolute atomic E-state index is 0.0704. The fourth-order valence-electron chi connectivity index (χ4n) is 3.96. The van der Waals surface area contributed by atoms with Crippen LogP contribution in [0.4, 0.5) is 13.2 Å². The van der Waals surface area contributed by atoms with Gasteiger partial charge in [0.05, 0.1) is 36.2 Å². The maximum absolute atomic E-state index is 13.5. The van der Waals surface area contributed by atoms with Crippen molar-refractivity contribution >= 4 is 11.9 Å². The Morgan fingerprint density at radius 1 is 1.18 bits per heavy atom. The van der Waals surface area contributed by atoms with Gasteiger partial charge in [-0.1, -0.05) is 12.1 Å². The van der Waals surface area contributed by atoms with Gasteiger partial charge in [0.2, 0.25) is 11.7 Å². The van der Waals surface area contributed by atoms with Gasteiger partial charge in [-0.3, -0.25) is 4.79 Å². The number of aromatic nitrogens is 4. The van der Waals surface area contributed by atoms with E-state index in [0.29, 0.717) is 24.1 Å². The van der Waals surface area contributed by atoms with E-state index in [-0.39, 0.29) is 31.0 Å². The normalized spacial score (nSPS) is 18.7. The number of nitrogens with zero attached hydrogens (tertiary/aromatic N) is 5. The van der Waals surface area contributed by atoms with Crippen molar-refractivity contribution in [1.29, 1.82) is 0 Å². The maximum atomic E-state index is 13.5. The third kappa shape index (κ3) is 4.52. The van der Waals surface area contributed by atoms with Crippen LogP contribution in [0.2, 0.25) is 0 Å². The fourth-order valence-corrected chi connectivity index (χ4v) is 3.96. The number of piperidine rings is 1. The van der Waals surface area contributed by atoms with Crippen LogP contribution in [0.1, 0.15) is 65.1 Å². The molecule has 1 aliphatic heterocycles. The number of hydrogen-bond acceptors (Lipinski definition) is 7. The molecule has 2 unspecified atom stereocenters. The molecule has 0 radical (unpaired) electrons. The molecule has 1 amide bonds.